The Labute approximate surface area is 69.2 Å². The van der Waals surface area contributed by atoms with Gasteiger partial charge in [0.15, 0.2) is 0 Å². The van der Waals surface area contributed by atoms with E-state index in [2.05, 4.69) is 9.82 Å². The van der Waals surface area contributed by atoms with Gasteiger partial charge in [-0.05, 0) is 12.8 Å². The van der Waals surface area contributed by atoms with Crippen LogP contribution in [-0.2, 0) is 10.3 Å². The molecule has 1 heterocycles. The normalized spacial score (nSPS) is 20.1. The van der Waals surface area contributed by atoms with Gasteiger partial charge in [0, 0.05) is 17.0 Å². The molecule has 0 atom stereocenters. The number of nitrogens with two attached hydrogens (primary N) is 1. The summed E-state index contributed by atoms with van der Waals surface area (Å²) < 4.78 is 0. The lowest BCUT2D eigenvalue weighted by Crippen LogP contribution is -2.17. The van der Waals surface area contributed by atoms with Crippen molar-refractivity contribution in [2.45, 2.75) is 18.3 Å². The smallest absolute Gasteiger partial charge is 0.101 e. The van der Waals surface area contributed by atoms with Crippen LogP contribution in [0.3, 0.4) is 0 Å². The van der Waals surface area contributed by atoms with Crippen molar-refractivity contribution in [3.05, 3.63) is 16.6 Å². The third-order valence-corrected chi connectivity index (χ3v) is 3.12. The van der Waals surface area contributed by atoms with Crippen LogP contribution in [0.25, 0.3) is 0 Å². The Bertz CT molecular complexity index is 231. The Morgan fingerprint density at radius 1 is 1.73 bits per heavy atom. The summed E-state index contributed by atoms with van der Waals surface area (Å²) in [6.45, 7) is 0.612. The molecule has 1 aliphatic carbocycles. The van der Waals surface area contributed by atoms with Crippen molar-refractivity contribution in [1.82, 2.24) is 4.98 Å². The zero-order chi connectivity index (χ0) is 7.73. The molecule has 1 fully saturated rings. The predicted molar refractivity (Wildman–Crippen MR) is 43.2 cm³/mol. The quantitative estimate of drug-likeness (QED) is 0.690. The molecule has 0 saturated heterocycles. The van der Waals surface area contributed by atoms with Crippen molar-refractivity contribution in [2.75, 3.05) is 6.61 Å². The first-order chi connectivity index (χ1) is 5.37. The lowest BCUT2D eigenvalue weighted by Gasteiger charge is -2.08. The maximum Gasteiger partial charge on any atom is 0.101 e. The number of thiazole rings is 1. The lowest BCUT2D eigenvalue weighted by atomic mass is 10.1. The van der Waals surface area contributed by atoms with Crippen LogP contribution in [0, 0.1) is 0 Å². The van der Waals surface area contributed by atoms with Gasteiger partial charge in [0.25, 0.3) is 0 Å². The average Bonchev–Trinajstić information content (AvgIpc) is 2.63. The number of hydrogen-bond donors (Lipinski definition) is 1. The second-order valence-electron chi connectivity index (χ2n) is 2.93. The summed E-state index contributed by atoms with van der Waals surface area (Å²) in [5.41, 5.74) is 0.183. The molecule has 60 valence electrons. The van der Waals surface area contributed by atoms with Gasteiger partial charge < -0.3 is 4.84 Å². The van der Waals surface area contributed by atoms with Crippen molar-refractivity contribution >= 4 is 11.3 Å². The number of rotatable bonds is 3. The first-order valence-electron chi connectivity index (χ1n) is 3.59. The van der Waals surface area contributed by atoms with Gasteiger partial charge in [-0.3, -0.25) is 0 Å². The summed E-state index contributed by atoms with van der Waals surface area (Å²) in [5.74, 6) is 5.04. The first kappa shape index (κ1) is 7.21. The van der Waals surface area contributed by atoms with Crippen LogP contribution in [-0.4, -0.2) is 11.6 Å². The van der Waals surface area contributed by atoms with E-state index in [1.54, 1.807) is 11.3 Å². The van der Waals surface area contributed by atoms with E-state index in [1.807, 2.05) is 11.6 Å². The molecule has 1 aromatic rings. The third kappa shape index (κ3) is 1.17. The SMILES string of the molecule is NOCC1(c2nccs2)CC1. The molecule has 0 bridgehead atoms. The third-order valence-electron chi connectivity index (χ3n) is 2.10. The van der Waals surface area contributed by atoms with Crippen LogP contribution >= 0.6 is 11.3 Å². The van der Waals surface area contributed by atoms with Crippen LogP contribution < -0.4 is 5.90 Å². The predicted octanol–water partition coefficient (Wildman–Crippen LogP) is 1.06. The highest BCUT2D eigenvalue weighted by molar-refractivity contribution is 7.09. The van der Waals surface area contributed by atoms with Gasteiger partial charge in [-0.1, -0.05) is 0 Å². The standard InChI is InChI=1S/C7H10N2OS/c8-10-5-7(1-2-7)6-9-3-4-11-6/h3-4H,1-2,5,8H2. The first-order valence-corrected chi connectivity index (χ1v) is 4.47. The monoisotopic (exact) mass is 170 g/mol. The van der Waals surface area contributed by atoms with Crippen LogP contribution in [0.1, 0.15) is 17.8 Å². The maximum atomic E-state index is 5.04. The van der Waals surface area contributed by atoms with Gasteiger partial charge >= 0.3 is 0 Å². The van der Waals surface area contributed by atoms with Crippen LogP contribution in [0.5, 0.6) is 0 Å². The molecule has 0 spiro atoms. The zero-order valence-electron chi connectivity index (χ0n) is 6.12. The average molecular weight is 170 g/mol. The molecule has 4 heteroatoms. The number of hydrogen-bond acceptors (Lipinski definition) is 4. The topological polar surface area (TPSA) is 48.1 Å². The van der Waals surface area contributed by atoms with Gasteiger partial charge in [-0.25, -0.2) is 10.9 Å². The number of aromatic nitrogens is 1. The van der Waals surface area contributed by atoms with Gasteiger partial charge in [0.1, 0.15) is 5.01 Å². The van der Waals surface area contributed by atoms with Crippen LogP contribution in [0.4, 0.5) is 0 Å². The van der Waals surface area contributed by atoms with Crippen LogP contribution in [0.15, 0.2) is 11.6 Å². The molecule has 0 amide bonds. The molecule has 1 aliphatic rings. The fraction of sp³-hybridized carbons (Fsp3) is 0.571. The summed E-state index contributed by atoms with van der Waals surface area (Å²) in [5, 5.41) is 3.16. The molecule has 1 aromatic heterocycles. The van der Waals surface area contributed by atoms with E-state index in [9.17, 15) is 0 Å². The summed E-state index contributed by atoms with van der Waals surface area (Å²) in [4.78, 5) is 8.91. The van der Waals surface area contributed by atoms with E-state index < -0.39 is 0 Å². The van der Waals surface area contributed by atoms with Crippen molar-refractivity contribution in [3.63, 3.8) is 0 Å². The van der Waals surface area contributed by atoms with E-state index in [4.69, 9.17) is 5.90 Å². The Kier molecular flexibility index (Phi) is 1.67. The molecule has 2 rings (SSSR count). The molecule has 0 unspecified atom stereocenters. The summed E-state index contributed by atoms with van der Waals surface area (Å²) >= 11 is 1.69. The second-order valence-corrected chi connectivity index (χ2v) is 3.82. The fourth-order valence-corrected chi connectivity index (χ4v) is 2.10. The molecular formula is C7H10N2OS. The van der Waals surface area contributed by atoms with E-state index in [0.717, 1.165) is 12.8 Å². The molecule has 0 radical (unpaired) electrons. The molecule has 0 aromatic carbocycles. The summed E-state index contributed by atoms with van der Waals surface area (Å²) in [6.07, 6.45) is 4.16. The van der Waals surface area contributed by atoms with Gasteiger partial charge in [-0.2, -0.15) is 0 Å². The highest BCUT2D eigenvalue weighted by Crippen LogP contribution is 2.48. The minimum absolute atomic E-state index is 0.183. The largest absolute Gasteiger partial charge is 0.304 e. The molecule has 0 aliphatic heterocycles. The second kappa shape index (κ2) is 2.55. The highest BCUT2D eigenvalue weighted by Gasteiger charge is 2.46. The van der Waals surface area contributed by atoms with Gasteiger partial charge in [0.05, 0.1) is 6.61 Å². The fourth-order valence-electron chi connectivity index (χ4n) is 1.22. The number of nitrogens with zero attached hydrogens (tertiary/aromatic N) is 1. The molecule has 1 saturated carbocycles. The van der Waals surface area contributed by atoms with Crippen molar-refractivity contribution in [2.24, 2.45) is 5.90 Å². The van der Waals surface area contributed by atoms with E-state index in [0.29, 0.717) is 6.61 Å². The van der Waals surface area contributed by atoms with Crippen molar-refractivity contribution < 1.29 is 4.84 Å². The Morgan fingerprint density at radius 3 is 3.00 bits per heavy atom. The Hall–Kier alpha value is -0.450. The van der Waals surface area contributed by atoms with E-state index in [-0.39, 0.29) is 5.41 Å². The molecular weight excluding hydrogens is 160 g/mol. The van der Waals surface area contributed by atoms with Gasteiger partial charge in [0.2, 0.25) is 0 Å². The van der Waals surface area contributed by atoms with Crippen molar-refractivity contribution in [1.29, 1.82) is 0 Å². The van der Waals surface area contributed by atoms with E-state index >= 15 is 0 Å². The summed E-state index contributed by atoms with van der Waals surface area (Å²) in [7, 11) is 0. The van der Waals surface area contributed by atoms with Gasteiger partial charge in [-0.15, -0.1) is 11.3 Å². The van der Waals surface area contributed by atoms with Crippen LogP contribution in [0.2, 0.25) is 0 Å². The summed E-state index contributed by atoms with van der Waals surface area (Å²) in [6, 6.07) is 0. The molecule has 2 N–H and O–H groups in total. The minimum atomic E-state index is 0.183. The van der Waals surface area contributed by atoms with Crippen molar-refractivity contribution in [3.8, 4) is 0 Å². The Balaban J connectivity index is 2.15. The molecule has 11 heavy (non-hydrogen) atoms. The lowest BCUT2D eigenvalue weighted by molar-refractivity contribution is 0.116. The Morgan fingerprint density at radius 2 is 2.55 bits per heavy atom. The zero-order valence-corrected chi connectivity index (χ0v) is 6.93. The minimum Gasteiger partial charge on any atom is -0.304 e. The highest BCUT2D eigenvalue weighted by atomic mass is 32.1. The maximum absolute atomic E-state index is 5.04. The molecule has 3 nitrogen and oxygen atoms in total. The van der Waals surface area contributed by atoms with E-state index in [1.165, 1.54) is 5.01 Å².